The molecule has 1 atom stereocenters. The molecule has 3 rings (SSSR count). The van der Waals surface area contributed by atoms with Crippen molar-refractivity contribution in [2.45, 2.75) is 25.4 Å². The van der Waals surface area contributed by atoms with E-state index in [2.05, 4.69) is 31.2 Å². The van der Waals surface area contributed by atoms with E-state index in [0.717, 1.165) is 28.8 Å². The Balaban J connectivity index is 1.72. The third-order valence-corrected chi connectivity index (χ3v) is 5.71. The standard InChI is InChI=1S/C12H15BrN4O2S/c13-11-7-17-10(5-16-12(17)6-15-11)4-14-9-2-1-3-20(18,19)8-9/h5-7,9,14H,1-4,8H2. The Bertz CT molecular complexity index is 728. The van der Waals surface area contributed by atoms with Gasteiger partial charge in [0.15, 0.2) is 15.5 Å². The first-order valence-corrected chi connectivity index (χ1v) is 9.06. The molecule has 2 aromatic heterocycles. The lowest BCUT2D eigenvalue weighted by Crippen LogP contribution is -2.39. The number of nitrogens with one attached hydrogen (secondary N) is 1. The third kappa shape index (κ3) is 3.02. The molecular weight excluding hydrogens is 344 g/mol. The number of imidazole rings is 1. The van der Waals surface area contributed by atoms with Crippen molar-refractivity contribution >= 4 is 31.4 Å². The van der Waals surface area contributed by atoms with E-state index >= 15 is 0 Å². The Kier molecular flexibility index (Phi) is 3.78. The molecule has 20 heavy (non-hydrogen) atoms. The van der Waals surface area contributed by atoms with E-state index in [1.807, 2.05) is 10.6 Å². The summed E-state index contributed by atoms with van der Waals surface area (Å²) < 4.78 is 25.9. The van der Waals surface area contributed by atoms with Gasteiger partial charge in [-0.1, -0.05) is 0 Å². The topological polar surface area (TPSA) is 76.4 Å². The highest BCUT2D eigenvalue weighted by Gasteiger charge is 2.24. The molecule has 1 aliphatic heterocycles. The lowest BCUT2D eigenvalue weighted by Gasteiger charge is -2.22. The van der Waals surface area contributed by atoms with Crippen LogP contribution in [-0.2, 0) is 16.4 Å². The van der Waals surface area contributed by atoms with E-state index in [9.17, 15) is 8.42 Å². The van der Waals surface area contributed by atoms with E-state index < -0.39 is 9.84 Å². The molecule has 108 valence electrons. The summed E-state index contributed by atoms with van der Waals surface area (Å²) in [6, 6.07) is 0.0320. The van der Waals surface area contributed by atoms with E-state index in [0.29, 0.717) is 12.3 Å². The van der Waals surface area contributed by atoms with Gasteiger partial charge in [0.2, 0.25) is 0 Å². The first kappa shape index (κ1) is 14.0. The minimum absolute atomic E-state index is 0.0320. The Morgan fingerprint density at radius 2 is 2.25 bits per heavy atom. The minimum atomic E-state index is -2.87. The molecule has 0 aliphatic carbocycles. The Labute approximate surface area is 125 Å². The van der Waals surface area contributed by atoms with Crippen LogP contribution in [-0.4, -0.2) is 40.3 Å². The summed E-state index contributed by atoms with van der Waals surface area (Å²) in [6.07, 6.45) is 6.98. The van der Waals surface area contributed by atoms with Crippen molar-refractivity contribution in [1.82, 2.24) is 19.7 Å². The van der Waals surface area contributed by atoms with Crippen molar-refractivity contribution in [3.8, 4) is 0 Å². The SMILES string of the molecule is O=S1(=O)CCCC(NCc2cnc3cnc(Br)cn23)C1. The summed E-state index contributed by atoms with van der Waals surface area (Å²) in [7, 11) is -2.87. The first-order chi connectivity index (χ1) is 9.53. The van der Waals surface area contributed by atoms with Crippen LogP contribution >= 0.6 is 15.9 Å². The van der Waals surface area contributed by atoms with Gasteiger partial charge in [-0.25, -0.2) is 18.4 Å². The summed E-state index contributed by atoms with van der Waals surface area (Å²) in [5, 5.41) is 3.32. The molecule has 1 N–H and O–H groups in total. The second-order valence-electron chi connectivity index (χ2n) is 5.02. The molecule has 0 aromatic carbocycles. The second kappa shape index (κ2) is 5.42. The average Bonchev–Trinajstić information content (AvgIpc) is 2.77. The van der Waals surface area contributed by atoms with Gasteiger partial charge in [-0.05, 0) is 28.8 Å². The van der Waals surface area contributed by atoms with Crippen LogP contribution in [0.25, 0.3) is 5.65 Å². The van der Waals surface area contributed by atoms with E-state index in [-0.39, 0.29) is 11.8 Å². The van der Waals surface area contributed by atoms with Crippen molar-refractivity contribution in [3.63, 3.8) is 0 Å². The molecule has 8 heteroatoms. The number of nitrogens with zero attached hydrogens (tertiary/aromatic N) is 3. The van der Waals surface area contributed by atoms with Crippen molar-refractivity contribution in [1.29, 1.82) is 0 Å². The molecule has 0 amide bonds. The normalized spacial score (nSPS) is 22.1. The largest absolute Gasteiger partial charge is 0.307 e. The lowest BCUT2D eigenvalue weighted by molar-refractivity contribution is 0.476. The second-order valence-corrected chi connectivity index (χ2v) is 8.06. The minimum Gasteiger partial charge on any atom is -0.307 e. The molecule has 3 heterocycles. The van der Waals surface area contributed by atoms with Crippen LogP contribution < -0.4 is 5.32 Å². The molecule has 1 aliphatic rings. The maximum atomic E-state index is 11.6. The molecule has 1 saturated heterocycles. The zero-order chi connectivity index (χ0) is 14.2. The molecule has 0 saturated carbocycles. The number of aromatic nitrogens is 3. The first-order valence-electron chi connectivity index (χ1n) is 6.45. The summed E-state index contributed by atoms with van der Waals surface area (Å²) in [4.78, 5) is 8.40. The van der Waals surface area contributed by atoms with Crippen LogP contribution in [0.1, 0.15) is 18.5 Å². The van der Waals surface area contributed by atoms with Gasteiger partial charge in [0.1, 0.15) is 4.60 Å². The van der Waals surface area contributed by atoms with Gasteiger partial charge in [0, 0.05) is 18.8 Å². The third-order valence-electron chi connectivity index (χ3n) is 3.48. The van der Waals surface area contributed by atoms with Crippen molar-refractivity contribution in [2.75, 3.05) is 11.5 Å². The van der Waals surface area contributed by atoms with Gasteiger partial charge in [-0.2, -0.15) is 0 Å². The average molecular weight is 359 g/mol. The Morgan fingerprint density at radius 1 is 1.40 bits per heavy atom. The molecule has 2 aromatic rings. The Hall–Kier alpha value is -0.990. The molecule has 6 nitrogen and oxygen atoms in total. The highest BCUT2D eigenvalue weighted by molar-refractivity contribution is 9.10. The summed E-state index contributed by atoms with van der Waals surface area (Å²) in [5.41, 5.74) is 1.77. The fourth-order valence-corrected chi connectivity index (χ4v) is 4.46. The highest BCUT2D eigenvalue weighted by Crippen LogP contribution is 2.14. The van der Waals surface area contributed by atoms with Crippen molar-refractivity contribution in [3.05, 3.63) is 28.9 Å². The van der Waals surface area contributed by atoms with Crippen molar-refractivity contribution in [2.24, 2.45) is 0 Å². The predicted molar refractivity (Wildman–Crippen MR) is 79.2 cm³/mol. The molecule has 0 spiro atoms. The summed E-state index contributed by atoms with van der Waals surface area (Å²) in [6.45, 7) is 0.595. The number of sulfone groups is 1. The molecule has 1 fully saturated rings. The predicted octanol–water partition coefficient (Wildman–Crippen LogP) is 1.16. The lowest BCUT2D eigenvalue weighted by atomic mass is 10.2. The number of rotatable bonds is 3. The van der Waals surface area contributed by atoms with Gasteiger partial charge in [0.25, 0.3) is 0 Å². The van der Waals surface area contributed by atoms with Crippen molar-refractivity contribution < 1.29 is 8.42 Å². The fourth-order valence-electron chi connectivity index (χ4n) is 2.48. The monoisotopic (exact) mass is 358 g/mol. The number of halogens is 1. The summed E-state index contributed by atoms with van der Waals surface area (Å²) >= 11 is 3.33. The number of hydrogen-bond acceptors (Lipinski definition) is 5. The van der Waals surface area contributed by atoms with E-state index in [4.69, 9.17) is 0 Å². The van der Waals surface area contributed by atoms with Crippen LogP contribution in [0.5, 0.6) is 0 Å². The number of hydrogen-bond donors (Lipinski definition) is 1. The Morgan fingerprint density at radius 3 is 3.05 bits per heavy atom. The fraction of sp³-hybridized carbons (Fsp3) is 0.500. The molecule has 0 radical (unpaired) electrons. The van der Waals surface area contributed by atoms with Gasteiger partial charge >= 0.3 is 0 Å². The van der Waals surface area contributed by atoms with Gasteiger partial charge in [-0.3, -0.25) is 4.40 Å². The molecule has 1 unspecified atom stereocenters. The van der Waals surface area contributed by atoms with Gasteiger partial charge < -0.3 is 5.32 Å². The van der Waals surface area contributed by atoms with E-state index in [1.165, 1.54) is 0 Å². The zero-order valence-electron chi connectivity index (χ0n) is 10.8. The molecule has 0 bridgehead atoms. The van der Waals surface area contributed by atoms with Gasteiger partial charge in [0.05, 0.1) is 29.6 Å². The van der Waals surface area contributed by atoms with Crippen LogP contribution in [0.15, 0.2) is 23.2 Å². The van der Waals surface area contributed by atoms with E-state index in [1.54, 1.807) is 12.4 Å². The zero-order valence-corrected chi connectivity index (χ0v) is 13.2. The van der Waals surface area contributed by atoms with Gasteiger partial charge in [-0.15, -0.1) is 0 Å². The van der Waals surface area contributed by atoms with Crippen LogP contribution in [0.3, 0.4) is 0 Å². The van der Waals surface area contributed by atoms with Crippen LogP contribution in [0.2, 0.25) is 0 Å². The number of fused-ring (bicyclic) bond motifs is 1. The quantitative estimate of drug-likeness (QED) is 0.890. The van der Waals surface area contributed by atoms with Crippen LogP contribution in [0.4, 0.5) is 0 Å². The summed E-state index contributed by atoms with van der Waals surface area (Å²) in [5.74, 6) is 0.550. The maximum absolute atomic E-state index is 11.6. The van der Waals surface area contributed by atoms with Crippen LogP contribution in [0, 0.1) is 0 Å². The smallest absolute Gasteiger partial charge is 0.155 e. The maximum Gasteiger partial charge on any atom is 0.155 e. The molecular formula is C12H15BrN4O2S. The highest BCUT2D eigenvalue weighted by atomic mass is 79.9.